The third kappa shape index (κ3) is 1.80. The average Bonchev–Trinajstić information content (AvgIpc) is 2.13. The molecule has 0 bridgehead atoms. The van der Waals surface area contributed by atoms with Gasteiger partial charge in [0.25, 0.3) is 0 Å². The number of alkyl halides is 3. The summed E-state index contributed by atoms with van der Waals surface area (Å²) < 4.78 is 50.4. The van der Waals surface area contributed by atoms with Crippen LogP contribution >= 0.6 is 0 Å². The summed E-state index contributed by atoms with van der Waals surface area (Å²) in [5.41, 5.74) is 4.33. The Bertz CT molecular complexity index is 407. The molecule has 5 heteroatoms. The van der Waals surface area contributed by atoms with Crippen molar-refractivity contribution in [1.29, 1.82) is 0 Å². The Morgan fingerprint density at radius 2 is 1.81 bits per heavy atom. The van der Waals surface area contributed by atoms with Gasteiger partial charge in [0.1, 0.15) is 5.82 Å². The minimum absolute atomic E-state index is 0.368. The van der Waals surface area contributed by atoms with Crippen LogP contribution in [-0.4, -0.2) is 0 Å². The molecule has 0 heterocycles. The van der Waals surface area contributed by atoms with Crippen LogP contribution in [0, 0.1) is 5.82 Å². The van der Waals surface area contributed by atoms with Gasteiger partial charge in [-0.3, -0.25) is 0 Å². The normalized spacial score (nSPS) is 19.3. The highest BCUT2D eigenvalue weighted by molar-refractivity contribution is 5.33. The molecule has 0 saturated heterocycles. The summed E-state index contributed by atoms with van der Waals surface area (Å²) in [4.78, 5) is 0. The first-order chi connectivity index (χ1) is 7.33. The van der Waals surface area contributed by atoms with Gasteiger partial charge in [-0.15, -0.1) is 0 Å². The van der Waals surface area contributed by atoms with E-state index in [4.69, 9.17) is 5.73 Å². The molecule has 0 aromatic heterocycles. The number of halogens is 4. The van der Waals surface area contributed by atoms with Crippen molar-refractivity contribution in [2.75, 3.05) is 0 Å². The van der Waals surface area contributed by atoms with Crippen LogP contribution in [0.1, 0.15) is 30.4 Å². The van der Waals surface area contributed by atoms with Crippen LogP contribution in [0.2, 0.25) is 0 Å². The quantitative estimate of drug-likeness (QED) is 0.741. The number of benzene rings is 1. The van der Waals surface area contributed by atoms with E-state index in [0.29, 0.717) is 18.4 Å². The standard InChI is InChI=1S/C11H11F4N/c12-9-3-2-7(10(16)4-1-5-10)6-8(9)11(13,14)15/h2-3,6H,1,4-5,16H2. The van der Waals surface area contributed by atoms with Crippen LogP contribution in [0.5, 0.6) is 0 Å². The lowest BCUT2D eigenvalue weighted by Crippen LogP contribution is -2.43. The van der Waals surface area contributed by atoms with Crippen LogP contribution in [0.3, 0.4) is 0 Å². The maximum absolute atomic E-state index is 13.0. The van der Waals surface area contributed by atoms with Crippen LogP contribution in [0.4, 0.5) is 17.6 Å². The first-order valence-corrected chi connectivity index (χ1v) is 4.99. The summed E-state index contributed by atoms with van der Waals surface area (Å²) in [6.07, 6.45) is -2.47. The average molecular weight is 233 g/mol. The molecule has 1 nitrogen and oxygen atoms in total. The summed E-state index contributed by atoms with van der Waals surface area (Å²) in [6, 6.07) is 3.00. The fourth-order valence-electron chi connectivity index (χ4n) is 1.90. The summed E-state index contributed by atoms with van der Waals surface area (Å²) in [6.45, 7) is 0. The molecule has 1 fully saturated rings. The maximum atomic E-state index is 13.0. The summed E-state index contributed by atoms with van der Waals surface area (Å²) in [7, 11) is 0. The third-order valence-electron chi connectivity index (χ3n) is 3.09. The van der Waals surface area contributed by atoms with Gasteiger partial charge in [0.15, 0.2) is 0 Å². The molecule has 1 aromatic carbocycles. The second-order valence-electron chi connectivity index (χ2n) is 4.20. The lowest BCUT2D eigenvalue weighted by molar-refractivity contribution is -0.140. The van der Waals surface area contributed by atoms with Gasteiger partial charge in [-0.1, -0.05) is 6.07 Å². The van der Waals surface area contributed by atoms with Crippen molar-refractivity contribution in [2.24, 2.45) is 5.73 Å². The molecule has 0 atom stereocenters. The number of rotatable bonds is 1. The predicted octanol–water partition coefficient (Wildman–Crippen LogP) is 3.18. The van der Waals surface area contributed by atoms with E-state index in [1.165, 1.54) is 6.07 Å². The summed E-state index contributed by atoms with van der Waals surface area (Å²) in [5, 5.41) is 0. The molecule has 88 valence electrons. The fourth-order valence-corrected chi connectivity index (χ4v) is 1.90. The van der Waals surface area contributed by atoms with Crippen molar-refractivity contribution in [3.8, 4) is 0 Å². The predicted molar refractivity (Wildman–Crippen MR) is 51.1 cm³/mol. The maximum Gasteiger partial charge on any atom is 0.419 e. The Kier molecular flexibility index (Phi) is 2.45. The Morgan fingerprint density at radius 3 is 2.25 bits per heavy atom. The zero-order chi connectivity index (χ0) is 12.0. The Morgan fingerprint density at radius 1 is 1.19 bits per heavy atom. The molecule has 0 spiro atoms. The van der Waals surface area contributed by atoms with Crippen molar-refractivity contribution < 1.29 is 17.6 Å². The van der Waals surface area contributed by atoms with E-state index in [0.717, 1.165) is 18.6 Å². The highest BCUT2D eigenvalue weighted by Gasteiger charge is 2.39. The first kappa shape index (κ1) is 11.4. The van der Waals surface area contributed by atoms with Gasteiger partial charge in [-0.2, -0.15) is 13.2 Å². The van der Waals surface area contributed by atoms with Gasteiger partial charge in [-0.25, -0.2) is 4.39 Å². The third-order valence-corrected chi connectivity index (χ3v) is 3.09. The fraction of sp³-hybridized carbons (Fsp3) is 0.455. The lowest BCUT2D eigenvalue weighted by atomic mass is 9.72. The second kappa shape index (κ2) is 3.45. The van der Waals surface area contributed by atoms with Crippen LogP contribution in [0.25, 0.3) is 0 Å². The van der Waals surface area contributed by atoms with Crippen LogP contribution in [-0.2, 0) is 11.7 Å². The molecule has 0 radical (unpaired) electrons. The monoisotopic (exact) mass is 233 g/mol. The molecule has 2 N–H and O–H groups in total. The van der Waals surface area contributed by atoms with E-state index in [-0.39, 0.29) is 0 Å². The van der Waals surface area contributed by atoms with E-state index >= 15 is 0 Å². The Hall–Kier alpha value is -1.10. The molecule has 0 unspecified atom stereocenters. The van der Waals surface area contributed by atoms with Crippen molar-refractivity contribution in [3.63, 3.8) is 0 Å². The Balaban J connectivity index is 2.43. The molecule has 1 aliphatic rings. The molecule has 0 amide bonds. The van der Waals surface area contributed by atoms with Crippen LogP contribution < -0.4 is 5.73 Å². The summed E-state index contributed by atoms with van der Waals surface area (Å²) in [5.74, 6) is -1.25. The summed E-state index contributed by atoms with van der Waals surface area (Å²) >= 11 is 0. The van der Waals surface area contributed by atoms with Crippen molar-refractivity contribution >= 4 is 0 Å². The highest BCUT2D eigenvalue weighted by Crippen LogP contribution is 2.41. The van der Waals surface area contributed by atoms with Gasteiger partial charge < -0.3 is 5.73 Å². The van der Waals surface area contributed by atoms with E-state index in [1.807, 2.05) is 0 Å². The van der Waals surface area contributed by atoms with Crippen molar-refractivity contribution in [3.05, 3.63) is 35.1 Å². The molecule has 2 rings (SSSR count). The number of hydrogen-bond donors (Lipinski definition) is 1. The molecular weight excluding hydrogens is 222 g/mol. The van der Waals surface area contributed by atoms with E-state index in [2.05, 4.69) is 0 Å². The molecule has 16 heavy (non-hydrogen) atoms. The van der Waals surface area contributed by atoms with Gasteiger partial charge >= 0.3 is 6.18 Å². The van der Waals surface area contributed by atoms with E-state index in [9.17, 15) is 17.6 Å². The number of hydrogen-bond acceptors (Lipinski definition) is 1. The zero-order valence-corrected chi connectivity index (χ0v) is 8.44. The molecule has 1 aliphatic carbocycles. The molecular formula is C11H11F4N. The molecule has 1 aromatic rings. The van der Waals surface area contributed by atoms with Gasteiger partial charge in [0, 0.05) is 5.54 Å². The Labute approximate surface area is 90.3 Å². The van der Waals surface area contributed by atoms with E-state index in [1.54, 1.807) is 0 Å². The lowest BCUT2D eigenvalue weighted by Gasteiger charge is -2.38. The topological polar surface area (TPSA) is 26.0 Å². The van der Waals surface area contributed by atoms with Gasteiger partial charge in [0.05, 0.1) is 5.56 Å². The number of nitrogens with two attached hydrogens (primary N) is 1. The van der Waals surface area contributed by atoms with Gasteiger partial charge in [-0.05, 0) is 37.0 Å². The van der Waals surface area contributed by atoms with Crippen molar-refractivity contribution in [2.45, 2.75) is 31.0 Å². The minimum atomic E-state index is -4.67. The largest absolute Gasteiger partial charge is 0.419 e. The molecule has 0 aliphatic heterocycles. The molecule has 1 saturated carbocycles. The van der Waals surface area contributed by atoms with Gasteiger partial charge in [0.2, 0.25) is 0 Å². The smallest absolute Gasteiger partial charge is 0.321 e. The highest BCUT2D eigenvalue weighted by atomic mass is 19.4. The minimum Gasteiger partial charge on any atom is -0.321 e. The zero-order valence-electron chi connectivity index (χ0n) is 8.44. The van der Waals surface area contributed by atoms with Crippen molar-refractivity contribution in [1.82, 2.24) is 0 Å². The first-order valence-electron chi connectivity index (χ1n) is 4.99. The second-order valence-corrected chi connectivity index (χ2v) is 4.20. The van der Waals surface area contributed by atoms with E-state index < -0.39 is 23.1 Å². The SMILES string of the molecule is NC1(c2ccc(F)c(C(F)(F)F)c2)CCC1. The van der Waals surface area contributed by atoms with Crippen LogP contribution in [0.15, 0.2) is 18.2 Å².